The number of hydrogen-bond donors (Lipinski definition) is 1. The van der Waals surface area contributed by atoms with Gasteiger partial charge in [-0.15, -0.1) is 0 Å². The summed E-state index contributed by atoms with van der Waals surface area (Å²) >= 11 is 0. The van der Waals surface area contributed by atoms with E-state index in [2.05, 4.69) is 17.1 Å². The van der Waals surface area contributed by atoms with Gasteiger partial charge in [0.25, 0.3) is 0 Å². The maximum atomic E-state index is 12.6. The number of carbonyl (C=O) groups excluding carboxylic acids is 2. The largest absolute Gasteiger partial charge is 0.497 e. The summed E-state index contributed by atoms with van der Waals surface area (Å²) in [6, 6.07) is 5.54. The lowest BCUT2D eigenvalue weighted by Crippen LogP contribution is -2.48. The molecule has 3 rings (SSSR count). The molecule has 1 N–H and O–H groups in total. The summed E-state index contributed by atoms with van der Waals surface area (Å²) in [5.74, 6) is 0.665. The number of ether oxygens (including phenoxy) is 3. The molecule has 0 bridgehead atoms. The van der Waals surface area contributed by atoms with Crippen molar-refractivity contribution in [2.45, 2.75) is 19.4 Å². The predicted molar refractivity (Wildman–Crippen MR) is 105 cm³/mol. The maximum absolute atomic E-state index is 12.6. The van der Waals surface area contributed by atoms with Crippen LogP contribution in [0, 0.1) is 5.92 Å². The molecule has 28 heavy (non-hydrogen) atoms. The van der Waals surface area contributed by atoms with Gasteiger partial charge < -0.3 is 24.4 Å². The van der Waals surface area contributed by atoms with Gasteiger partial charge >= 0.3 is 0 Å². The fourth-order valence-electron chi connectivity index (χ4n) is 3.66. The topological polar surface area (TPSA) is 80.3 Å². The van der Waals surface area contributed by atoms with Crippen molar-refractivity contribution < 1.29 is 23.8 Å². The second-order valence-corrected chi connectivity index (χ2v) is 7.19. The quantitative estimate of drug-likeness (QED) is 0.744. The van der Waals surface area contributed by atoms with E-state index in [0.29, 0.717) is 30.3 Å². The van der Waals surface area contributed by atoms with E-state index in [9.17, 15) is 9.59 Å². The number of benzene rings is 1. The van der Waals surface area contributed by atoms with E-state index < -0.39 is 0 Å². The Morgan fingerprint density at radius 3 is 2.71 bits per heavy atom. The van der Waals surface area contributed by atoms with E-state index in [1.165, 1.54) is 0 Å². The first kappa shape index (κ1) is 20.4. The van der Waals surface area contributed by atoms with E-state index in [1.807, 2.05) is 0 Å². The molecule has 0 aliphatic carbocycles. The van der Waals surface area contributed by atoms with Gasteiger partial charge in [-0.1, -0.05) is 0 Å². The summed E-state index contributed by atoms with van der Waals surface area (Å²) in [5.41, 5.74) is 0.629. The first-order valence-corrected chi connectivity index (χ1v) is 9.65. The van der Waals surface area contributed by atoms with Crippen LogP contribution in [0.2, 0.25) is 0 Å². The van der Waals surface area contributed by atoms with Crippen LogP contribution in [0.4, 0.5) is 5.69 Å². The second kappa shape index (κ2) is 9.25. The van der Waals surface area contributed by atoms with Gasteiger partial charge in [0.2, 0.25) is 11.8 Å². The molecule has 2 aliphatic rings. The number of nitrogens with one attached hydrogen (secondary N) is 1. The predicted octanol–water partition coefficient (Wildman–Crippen LogP) is 0.894. The van der Waals surface area contributed by atoms with Crippen LogP contribution < -0.4 is 19.7 Å². The Morgan fingerprint density at radius 1 is 1.29 bits per heavy atom. The van der Waals surface area contributed by atoms with Gasteiger partial charge in [-0.25, -0.2) is 0 Å². The Morgan fingerprint density at radius 2 is 2.04 bits per heavy atom. The molecule has 2 fully saturated rings. The minimum Gasteiger partial charge on any atom is -0.497 e. The van der Waals surface area contributed by atoms with Crippen LogP contribution in [0.25, 0.3) is 0 Å². The van der Waals surface area contributed by atoms with Crippen molar-refractivity contribution in [2.75, 3.05) is 58.5 Å². The molecular formula is C20H29N3O5. The highest BCUT2D eigenvalue weighted by Crippen LogP contribution is 2.36. The van der Waals surface area contributed by atoms with E-state index >= 15 is 0 Å². The molecule has 154 valence electrons. The summed E-state index contributed by atoms with van der Waals surface area (Å²) in [4.78, 5) is 29.1. The monoisotopic (exact) mass is 391 g/mol. The van der Waals surface area contributed by atoms with E-state index in [4.69, 9.17) is 14.2 Å². The van der Waals surface area contributed by atoms with E-state index in [0.717, 1.165) is 26.3 Å². The highest BCUT2D eigenvalue weighted by Gasteiger charge is 2.36. The van der Waals surface area contributed by atoms with Crippen molar-refractivity contribution >= 4 is 17.5 Å². The molecule has 2 saturated heterocycles. The normalized spacial score (nSPS) is 21.5. The van der Waals surface area contributed by atoms with Crippen molar-refractivity contribution in [1.29, 1.82) is 0 Å². The fraction of sp³-hybridized carbons (Fsp3) is 0.600. The molecule has 0 aromatic heterocycles. The van der Waals surface area contributed by atoms with Crippen molar-refractivity contribution in [3.05, 3.63) is 18.2 Å². The molecule has 2 atom stereocenters. The molecule has 2 heterocycles. The van der Waals surface area contributed by atoms with Crippen LogP contribution >= 0.6 is 0 Å². The highest BCUT2D eigenvalue weighted by atomic mass is 16.5. The van der Waals surface area contributed by atoms with Crippen LogP contribution in [0.1, 0.15) is 13.3 Å². The molecular weight excluding hydrogens is 362 g/mol. The summed E-state index contributed by atoms with van der Waals surface area (Å²) in [6.07, 6.45) is 0.193. The summed E-state index contributed by atoms with van der Waals surface area (Å²) in [7, 11) is 3.13. The Balaban J connectivity index is 1.60. The minimum atomic E-state index is -0.375. The highest BCUT2D eigenvalue weighted by molar-refractivity contribution is 6.01. The van der Waals surface area contributed by atoms with Crippen molar-refractivity contribution in [1.82, 2.24) is 10.2 Å². The lowest BCUT2D eigenvalue weighted by molar-refractivity contribution is -0.126. The summed E-state index contributed by atoms with van der Waals surface area (Å²) < 4.78 is 16.0. The van der Waals surface area contributed by atoms with E-state index in [-0.39, 0.29) is 30.2 Å². The Labute approximate surface area is 165 Å². The molecule has 2 amide bonds. The molecule has 2 aliphatic heterocycles. The lowest BCUT2D eigenvalue weighted by Gasteiger charge is -2.32. The van der Waals surface area contributed by atoms with Crippen LogP contribution in [-0.2, 0) is 14.3 Å². The molecule has 8 heteroatoms. The first-order chi connectivity index (χ1) is 13.5. The van der Waals surface area contributed by atoms with Crippen LogP contribution in [0.3, 0.4) is 0 Å². The number of carbonyl (C=O) groups is 2. The maximum Gasteiger partial charge on any atom is 0.227 e. The SMILES string of the molecule is COc1ccc(OC)c(N2CC(C(=O)NCC(C)N3CCOCC3)CC2=O)c1. The lowest BCUT2D eigenvalue weighted by atomic mass is 10.1. The van der Waals surface area contributed by atoms with Crippen LogP contribution in [0.15, 0.2) is 18.2 Å². The van der Waals surface area contributed by atoms with Gasteiger partial charge in [0, 0.05) is 44.7 Å². The third-order valence-electron chi connectivity index (χ3n) is 5.41. The Hall–Kier alpha value is -2.32. The van der Waals surface area contributed by atoms with Gasteiger partial charge in [0.05, 0.1) is 39.0 Å². The minimum absolute atomic E-state index is 0.0853. The zero-order chi connectivity index (χ0) is 20.1. The molecule has 8 nitrogen and oxygen atoms in total. The number of morpholine rings is 1. The Kier molecular flexibility index (Phi) is 6.74. The zero-order valence-corrected chi connectivity index (χ0v) is 16.8. The number of hydrogen-bond acceptors (Lipinski definition) is 6. The smallest absolute Gasteiger partial charge is 0.227 e. The van der Waals surface area contributed by atoms with Crippen molar-refractivity contribution in [2.24, 2.45) is 5.92 Å². The number of nitrogens with zero attached hydrogens (tertiary/aromatic N) is 2. The molecule has 1 aromatic carbocycles. The summed E-state index contributed by atoms with van der Waals surface area (Å²) in [5, 5.41) is 3.01. The van der Waals surface area contributed by atoms with Gasteiger partial charge in [0.1, 0.15) is 11.5 Å². The average molecular weight is 391 g/mol. The first-order valence-electron chi connectivity index (χ1n) is 9.65. The fourth-order valence-corrected chi connectivity index (χ4v) is 3.66. The van der Waals surface area contributed by atoms with Crippen LogP contribution in [-0.4, -0.2) is 76.4 Å². The number of rotatable bonds is 7. The summed E-state index contributed by atoms with van der Waals surface area (Å²) in [6.45, 7) is 6.20. The van der Waals surface area contributed by atoms with Gasteiger partial charge in [-0.05, 0) is 19.1 Å². The molecule has 0 radical (unpaired) electrons. The van der Waals surface area contributed by atoms with Gasteiger partial charge in [0.15, 0.2) is 0 Å². The van der Waals surface area contributed by atoms with Crippen molar-refractivity contribution in [3.63, 3.8) is 0 Å². The molecule has 0 spiro atoms. The molecule has 2 unspecified atom stereocenters. The standard InChI is InChI=1S/C20H29N3O5/c1-14(22-6-8-28-9-7-22)12-21-20(25)15-10-19(24)23(13-15)17-11-16(26-2)4-5-18(17)27-3/h4-5,11,14-15H,6-10,12-13H2,1-3H3,(H,21,25). The number of methoxy groups -OCH3 is 2. The van der Waals surface area contributed by atoms with E-state index in [1.54, 1.807) is 37.3 Å². The number of amides is 2. The average Bonchev–Trinajstić information content (AvgIpc) is 3.13. The Bertz CT molecular complexity index is 705. The van der Waals surface area contributed by atoms with Crippen molar-refractivity contribution in [3.8, 4) is 11.5 Å². The molecule has 0 saturated carbocycles. The third-order valence-corrected chi connectivity index (χ3v) is 5.41. The van der Waals surface area contributed by atoms with Gasteiger partial charge in [-0.3, -0.25) is 14.5 Å². The van der Waals surface area contributed by atoms with Gasteiger partial charge in [-0.2, -0.15) is 0 Å². The molecule has 1 aromatic rings. The zero-order valence-electron chi connectivity index (χ0n) is 16.8. The third kappa shape index (κ3) is 4.56. The van der Waals surface area contributed by atoms with Crippen LogP contribution in [0.5, 0.6) is 11.5 Å². The number of anilines is 1. The second-order valence-electron chi connectivity index (χ2n) is 7.19.